The quantitative estimate of drug-likeness (QED) is 0.784. The molecule has 1 atom stereocenters. The molecule has 1 saturated heterocycles. The molecule has 0 aromatic heterocycles. The van der Waals surface area contributed by atoms with Gasteiger partial charge in [-0.25, -0.2) is 13.6 Å². The third-order valence-corrected chi connectivity index (χ3v) is 7.67. The van der Waals surface area contributed by atoms with Gasteiger partial charge in [-0.05, 0) is 81.4 Å². The van der Waals surface area contributed by atoms with E-state index in [1.165, 1.54) is 26.2 Å². The van der Waals surface area contributed by atoms with Crippen molar-refractivity contribution in [3.63, 3.8) is 0 Å². The molecule has 4 aliphatic carbocycles. The normalized spacial score (nSPS) is 37.9. The molecule has 1 N–H and O–H groups in total. The maximum atomic E-state index is 14.3. The van der Waals surface area contributed by atoms with Crippen molar-refractivity contribution in [1.29, 1.82) is 0 Å². The SMILES string of the molecule is C[C@@]1(c2cc(F)ccc2F)NC(=O)N(CC(=O)C23CC4CC(CC(C4)C2)C3)C1=O. The molecular formula is C22H24F2N2O3. The van der Waals surface area contributed by atoms with E-state index in [4.69, 9.17) is 0 Å². The van der Waals surface area contributed by atoms with Crippen molar-refractivity contribution in [2.45, 2.75) is 51.0 Å². The largest absolute Gasteiger partial charge is 0.325 e. The lowest BCUT2D eigenvalue weighted by Gasteiger charge is -2.56. The number of nitrogens with zero attached hydrogens (tertiary/aromatic N) is 1. The first-order valence-electron chi connectivity index (χ1n) is 10.3. The van der Waals surface area contributed by atoms with Crippen molar-refractivity contribution < 1.29 is 23.2 Å². The van der Waals surface area contributed by atoms with Gasteiger partial charge in [-0.3, -0.25) is 14.5 Å². The lowest BCUT2D eigenvalue weighted by atomic mass is 9.48. The summed E-state index contributed by atoms with van der Waals surface area (Å²) in [4.78, 5) is 39.8. The fourth-order valence-electron chi connectivity index (χ4n) is 6.67. The van der Waals surface area contributed by atoms with Crippen LogP contribution in [0.15, 0.2) is 18.2 Å². The van der Waals surface area contributed by atoms with Crippen LogP contribution in [0.3, 0.4) is 0 Å². The first-order chi connectivity index (χ1) is 13.7. The Morgan fingerprint density at radius 1 is 1.10 bits per heavy atom. The van der Waals surface area contributed by atoms with Gasteiger partial charge >= 0.3 is 6.03 Å². The minimum Gasteiger partial charge on any atom is -0.319 e. The molecule has 7 heteroatoms. The average Bonchev–Trinajstić information content (AvgIpc) is 2.86. The maximum absolute atomic E-state index is 14.3. The highest BCUT2D eigenvalue weighted by Crippen LogP contribution is 2.60. The smallest absolute Gasteiger partial charge is 0.319 e. The van der Waals surface area contributed by atoms with Gasteiger partial charge in [0.2, 0.25) is 0 Å². The van der Waals surface area contributed by atoms with Crippen LogP contribution in [-0.2, 0) is 15.1 Å². The van der Waals surface area contributed by atoms with E-state index in [0.717, 1.165) is 42.4 Å². The predicted octanol–water partition coefficient (Wildman–Crippen LogP) is 3.52. The van der Waals surface area contributed by atoms with E-state index in [9.17, 15) is 23.2 Å². The van der Waals surface area contributed by atoms with Crippen molar-refractivity contribution in [3.8, 4) is 0 Å². The summed E-state index contributed by atoms with van der Waals surface area (Å²) in [6.07, 6.45) is 6.09. The number of Topliss-reactive ketones (excluding diaryl/α,β-unsaturated/α-hetero) is 1. The first kappa shape index (κ1) is 18.7. The van der Waals surface area contributed by atoms with Crippen molar-refractivity contribution in [2.75, 3.05) is 6.54 Å². The van der Waals surface area contributed by atoms with Gasteiger partial charge in [0, 0.05) is 11.0 Å². The zero-order valence-corrected chi connectivity index (χ0v) is 16.3. The summed E-state index contributed by atoms with van der Waals surface area (Å²) in [5, 5.41) is 2.47. The zero-order chi connectivity index (χ0) is 20.6. The molecule has 1 aromatic carbocycles. The van der Waals surface area contributed by atoms with Gasteiger partial charge in [-0.15, -0.1) is 0 Å². The predicted molar refractivity (Wildman–Crippen MR) is 99.6 cm³/mol. The molecule has 1 aromatic rings. The average molecular weight is 402 g/mol. The van der Waals surface area contributed by atoms with Crippen LogP contribution < -0.4 is 5.32 Å². The number of halogens is 2. The molecule has 5 aliphatic rings. The number of carbonyl (C=O) groups is 3. The molecule has 4 saturated carbocycles. The summed E-state index contributed by atoms with van der Waals surface area (Å²) >= 11 is 0. The minimum absolute atomic E-state index is 0.0657. The molecule has 3 amide bonds. The fourth-order valence-corrected chi connectivity index (χ4v) is 6.67. The fraction of sp³-hybridized carbons (Fsp3) is 0.591. The Bertz CT molecular complexity index is 895. The molecule has 154 valence electrons. The number of hydrogen-bond donors (Lipinski definition) is 1. The lowest BCUT2D eigenvalue weighted by Crippen LogP contribution is -2.53. The van der Waals surface area contributed by atoms with Gasteiger partial charge in [0.15, 0.2) is 5.78 Å². The second kappa shape index (κ2) is 6.09. The molecule has 0 spiro atoms. The second-order valence-corrected chi connectivity index (χ2v) is 9.69. The molecule has 29 heavy (non-hydrogen) atoms. The number of benzene rings is 1. The molecule has 4 bridgehead atoms. The van der Waals surface area contributed by atoms with Crippen LogP contribution in [-0.4, -0.2) is 29.2 Å². The monoisotopic (exact) mass is 402 g/mol. The Morgan fingerprint density at radius 2 is 1.69 bits per heavy atom. The van der Waals surface area contributed by atoms with E-state index in [1.807, 2.05) is 0 Å². The molecule has 0 radical (unpaired) electrons. The summed E-state index contributed by atoms with van der Waals surface area (Å²) in [5.74, 6) is -0.557. The summed E-state index contributed by atoms with van der Waals surface area (Å²) in [6.45, 7) is 1.05. The van der Waals surface area contributed by atoms with Gasteiger partial charge in [0.05, 0.1) is 6.54 Å². The van der Waals surface area contributed by atoms with Crippen molar-refractivity contribution >= 4 is 17.7 Å². The molecule has 6 rings (SSSR count). The van der Waals surface area contributed by atoms with Crippen LogP contribution in [0.25, 0.3) is 0 Å². The Labute approximate surface area is 167 Å². The van der Waals surface area contributed by atoms with Crippen molar-refractivity contribution in [1.82, 2.24) is 10.2 Å². The van der Waals surface area contributed by atoms with Gasteiger partial charge in [-0.2, -0.15) is 0 Å². The van der Waals surface area contributed by atoms with Gasteiger partial charge in [0.1, 0.15) is 17.2 Å². The van der Waals surface area contributed by atoms with E-state index < -0.39 is 34.5 Å². The number of urea groups is 1. The Kier molecular flexibility index (Phi) is 3.93. The highest BCUT2D eigenvalue weighted by Gasteiger charge is 2.56. The summed E-state index contributed by atoms with van der Waals surface area (Å²) in [7, 11) is 0. The summed E-state index contributed by atoms with van der Waals surface area (Å²) in [5.41, 5.74) is -2.40. The Hall–Kier alpha value is -2.31. The van der Waals surface area contributed by atoms with Crippen molar-refractivity contribution in [3.05, 3.63) is 35.4 Å². The Balaban J connectivity index is 1.40. The number of nitrogens with one attached hydrogen (secondary N) is 1. The second-order valence-electron chi connectivity index (χ2n) is 9.69. The molecule has 1 heterocycles. The van der Waals surface area contributed by atoms with Crippen LogP contribution in [0.2, 0.25) is 0 Å². The zero-order valence-electron chi connectivity index (χ0n) is 16.3. The van der Waals surface area contributed by atoms with E-state index in [-0.39, 0.29) is 17.9 Å². The van der Waals surface area contributed by atoms with Crippen LogP contribution >= 0.6 is 0 Å². The lowest BCUT2D eigenvalue weighted by molar-refractivity contribution is -0.147. The number of hydrogen-bond acceptors (Lipinski definition) is 3. The third kappa shape index (κ3) is 2.73. The van der Waals surface area contributed by atoms with E-state index in [2.05, 4.69) is 5.32 Å². The Morgan fingerprint density at radius 3 is 2.28 bits per heavy atom. The number of rotatable bonds is 4. The van der Waals surface area contributed by atoms with Gasteiger partial charge in [-0.1, -0.05) is 0 Å². The molecule has 1 aliphatic heterocycles. The molecule has 5 fully saturated rings. The van der Waals surface area contributed by atoms with Gasteiger partial charge < -0.3 is 5.32 Å². The summed E-state index contributed by atoms with van der Waals surface area (Å²) < 4.78 is 28.0. The van der Waals surface area contributed by atoms with Crippen molar-refractivity contribution in [2.24, 2.45) is 23.2 Å². The maximum Gasteiger partial charge on any atom is 0.325 e. The third-order valence-electron chi connectivity index (χ3n) is 7.67. The van der Waals surface area contributed by atoms with E-state index in [0.29, 0.717) is 17.8 Å². The standard InChI is InChI=1S/C22H24F2N2O3/c1-21(16-7-15(23)2-3-17(16)24)19(28)26(20(29)25-21)11-18(27)22-8-12-4-13(9-22)6-14(5-12)10-22/h2-3,7,12-14H,4-6,8-11H2,1H3,(H,25,29)/t12?,13?,14?,21-,22?/m0/s1. The van der Waals surface area contributed by atoms with Crippen LogP contribution in [0.4, 0.5) is 13.6 Å². The van der Waals surface area contributed by atoms with Crippen LogP contribution in [0, 0.1) is 34.8 Å². The minimum atomic E-state index is -1.73. The van der Waals surface area contributed by atoms with Gasteiger partial charge in [0.25, 0.3) is 5.91 Å². The number of carbonyl (C=O) groups excluding carboxylic acids is 3. The van der Waals surface area contributed by atoms with E-state index >= 15 is 0 Å². The first-order valence-corrected chi connectivity index (χ1v) is 10.3. The highest BCUT2D eigenvalue weighted by molar-refractivity contribution is 6.09. The number of ketones is 1. The molecule has 0 unspecified atom stereocenters. The molecular weight excluding hydrogens is 378 g/mol. The summed E-state index contributed by atoms with van der Waals surface area (Å²) in [6, 6.07) is 2.06. The molecule has 5 nitrogen and oxygen atoms in total. The van der Waals surface area contributed by atoms with Crippen LogP contribution in [0.1, 0.15) is 51.0 Å². The highest BCUT2D eigenvalue weighted by atomic mass is 19.1. The number of amides is 3. The van der Waals surface area contributed by atoms with Crippen LogP contribution in [0.5, 0.6) is 0 Å². The van der Waals surface area contributed by atoms with E-state index in [1.54, 1.807) is 0 Å². The number of imide groups is 1. The topological polar surface area (TPSA) is 66.5 Å².